The molecule has 4 nitrogen and oxygen atoms in total. The van der Waals surface area contributed by atoms with Crippen LogP contribution in [0.3, 0.4) is 0 Å². The van der Waals surface area contributed by atoms with Gasteiger partial charge in [0.25, 0.3) is 0 Å². The summed E-state index contributed by atoms with van der Waals surface area (Å²) in [5, 5.41) is 3.31. The average Bonchev–Trinajstić information content (AvgIpc) is 2.18. The number of hydrazine groups is 1. The SMILES string of the molecule is CC(C)C(C)Nc1cccc(NN)n1. The third-order valence-corrected chi connectivity index (χ3v) is 2.27. The van der Waals surface area contributed by atoms with Crippen molar-refractivity contribution in [1.82, 2.24) is 4.98 Å². The molecule has 0 bridgehead atoms. The summed E-state index contributed by atoms with van der Waals surface area (Å²) >= 11 is 0. The molecular weight excluding hydrogens is 176 g/mol. The average molecular weight is 194 g/mol. The molecule has 1 rings (SSSR count). The zero-order chi connectivity index (χ0) is 10.6. The zero-order valence-corrected chi connectivity index (χ0v) is 8.91. The lowest BCUT2D eigenvalue weighted by atomic mass is 10.1. The van der Waals surface area contributed by atoms with Gasteiger partial charge in [-0.25, -0.2) is 10.8 Å². The molecule has 0 aromatic carbocycles. The van der Waals surface area contributed by atoms with Crippen molar-refractivity contribution >= 4 is 11.6 Å². The number of nitrogens with two attached hydrogens (primary N) is 1. The second-order valence-electron chi connectivity index (χ2n) is 3.73. The minimum Gasteiger partial charge on any atom is -0.367 e. The maximum atomic E-state index is 5.27. The molecule has 0 amide bonds. The summed E-state index contributed by atoms with van der Waals surface area (Å²) in [4.78, 5) is 4.27. The van der Waals surface area contributed by atoms with Gasteiger partial charge in [-0.1, -0.05) is 19.9 Å². The van der Waals surface area contributed by atoms with E-state index in [1.807, 2.05) is 18.2 Å². The quantitative estimate of drug-likeness (QED) is 0.505. The Balaban J connectivity index is 2.66. The molecule has 1 aromatic rings. The molecule has 4 N–H and O–H groups in total. The van der Waals surface area contributed by atoms with E-state index in [0.717, 1.165) is 5.82 Å². The van der Waals surface area contributed by atoms with Crippen molar-refractivity contribution in [2.45, 2.75) is 26.8 Å². The van der Waals surface area contributed by atoms with Gasteiger partial charge in [0.2, 0.25) is 0 Å². The fourth-order valence-electron chi connectivity index (χ4n) is 0.995. The van der Waals surface area contributed by atoms with Gasteiger partial charge in [-0.15, -0.1) is 0 Å². The molecule has 1 atom stereocenters. The maximum absolute atomic E-state index is 5.27. The monoisotopic (exact) mass is 194 g/mol. The Morgan fingerprint density at radius 2 is 1.86 bits per heavy atom. The molecule has 14 heavy (non-hydrogen) atoms. The number of nitrogens with one attached hydrogen (secondary N) is 2. The Bertz CT molecular complexity index is 285. The number of anilines is 2. The molecule has 0 radical (unpaired) electrons. The predicted octanol–water partition coefficient (Wildman–Crippen LogP) is 1.82. The number of hydrogen-bond donors (Lipinski definition) is 3. The molecule has 0 fully saturated rings. The van der Waals surface area contributed by atoms with E-state index in [1.165, 1.54) is 0 Å². The maximum Gasteiger partial charge on any atom is 0.142 e. The summed E-state index contributed by atoms with van der Waals surface area (Å²) in [5.74, 6) is 7.37. The summed E-state index contributed by atoms with van der Waals surface area (Å²) in [5.41, 5.74) is 2.52. The molecule has 78 valence electrons. The Labute approximate surface area is 84.9 Å². The van der Waals surface area contributed by atoms with Crippen LogP contribution in [0.1, 0.15) is 20.8 Å². The van der Waals surface area contributed by atoms with Crippen molar-refractivity contribution < 1.29 is 0 Å². The summed E-state index contributed by atoms with van der Waals surface area (Å²) in [7, 11) is 0. The van der Waals surface area contributed by atoms with Crippen LogP contribution >= 0.6 is 0 Å². The van der Waals surface area contributed by atoms with Crippen molar-refractivity contribution in [3.8, 4) is 0 Å². The standard InChI is InChI=1S/C10H18N4/c1-7(2)8(3)12-9-5-4-6-10(13-9)14-11/h4-8H,11H2,1-3H3,(H2,12,13,14). The van der Waals surface area contributed by atoms with Crippen LogP contribution in [0, 0.1) is 5.92 Å². The molecule has 4 heteroatoms. The number of pyridine rings is 1. The highest BCUT2D eigenvalue weighted by Crippen LogP contribution is 2.12. The first-order chi connectivity index (χ1) is 6.63. The first kappa shape index (κ1) is 10.8. The van der Waals surface area contributed by atoms with Crippen LogP contribution in [0.2, 0.25) is 0 Å². The topological polar surface area (TPSA) is 63.0 Å². The van der Waals surface area contributed by atoms with E-state index >= 15 is 0 Å². The van der Waals surface area contributed by atoms with E-state index < -0.39 is 0 Å². The molecule has 1 aromatic heterocycles. The lowest BCUT2D eigenvalue weighted by molar-refractivity contribution is 0.558. The first-order valence-electron chi connectivity index (χ1n) is 4.83. The summed E-state index contributed by atoms with van der Waals surface area (Å²) in [6, 6.07) is 6.07. The Morgan fingerprint density at radius 3 is 2.43 bits per heavy atom. The summed E-state index contributed by atoms with van der Waals surface area (Å²) in [6.45, 7) is 6.47. The van der Waals surface area contributed by atoms with Gasteiger partial charge in [0.15, 0.2) is 0 Å². The van der Waals surface area contributed by atoms with Crippen LogP contribution in [-0.4, -0.2) is 11.0 Å². The Hall–Kier alpha value is -1.29. The van der Waals surface area contributed by atoms with Crippen LogP contribution < -0.4 is 16.6 Å². The van der Waals surface area contributed by atoms with Crippen molar-refractivity contribution in [1.29, 1.82) is 0 Å². The predicted molar refractivity (Wildman–Crippen MR) is 60.0 cm³/mol. The number of rotatable bonds is 4. The Morgan fingerprint density at radius 1 is 1.21 bits per heavy atom. The second-order valence-corrected chi connectivity index (χ2v) is 3.73. The molecule has 0 aliphatic heterocycles. The fourth-order valence-corrected chi connectivity index (χ4v) is 0.995. The third-order valence-electron chi connectivity index (χ3n) is 2.27. The Kier molecular flexibility index (Phi) is 3.71. The lowest BCUT2D eigenvalue weighted by Crippen LogP contribution is -2.22. The first-order valence-corrected chi connectivity index (χ1v) is 4.83. The van der Waals surface area contributed by atoms with Gasteiger partial charge in [0.05, 0.1) is 0 Å². The normalized spacial score (nSPS) is 12.6. The van der Waals surface area contributed by atoms with Crippen LogP contribution in [0.15, 0.2) is 18.2 Å². The largest absolute Gasteiger partial charge is 0.367 e. The third kappa shape index (κ3) is 2.88. The molecule has 0 saturated carbocycles. The zero-order valence-electron chi connectivity index (χ0n) is 8.91. The van der Waals surface area contributed by atoms with Gasteiger partial charge < -0.3 is 10.7 Å². The second kappa shape index (κ2) is 4.81. The van der Waals surface area contributed by atoms with Crippen molar-refractivity contribution in [2.75, 3.05) is 10.7 Å². The van der Waals surface area contributed by atoms with Gasteiger partial charge in [0, 0.05) is 6.04 Å². The lowest BCUT2D eigenvalue weighted by Gasteiger charge is -2.18. The van der Waals surface area contributed by atoms with Gasteiger partial charge in [-0.2, -0.15) is 0 Å². The highest BCUT2D eigenvalue weighted by Gasteiger charge is 2.06. The van der Waals surface area contributed by atoms with Gasteiger partial charge in [-0.3, -0.25) is 0 Å². The van der Waals surface area contributed by atoms with Crippen molar-refractivity contribution in [3.05, 3.63) is 18.2 Å². The molecule has 0 saturated heterocycles. The van der Waals surface area contributed by atoms with Crippen LogP contribution in [-0.2, 0) is 0 Å². The molecule has 0 aliphatic carbocycles. The summed E-state index contributed by atoms with van der Waals surface area (Å²) < 4.78 is 0. The van der Waals surface area contributed by atoms with Gasteiger partial charge in [0.1, 0.15) is 11.6 Å². The van der Waals surface area contributed by atoms with E-state index in [0.29, 0.717) is 17.8 Å². The molecule has 1 unspecified atom stereocenters. The van der Waals surface area contributed by atoms with Crippen molar-refractivity contribution in [2.24, 2.45) is 11.8 Å². The van der Waals surface area contributed by atoms with E-state index in [2.05, 4.69) is 36.5 Å². The number of nitrogen functional groups attached to an aromatic ring is 1. The van der Waals surface area contributed by atoms with Crippen LogP contribution in [0.4, 0.5) is 11.6 Å². The van der Waals surface area contributed by atoms with E-state index in [9.17, 15) is 0 Å². The minimum absolute atomic E-state index is 0.399. The molecule has 0 aliphatic rings. The van der Waals surface area contributed by atoms with Crippen LogP contribution in [0.5, 0.6) is 0 Å². The van der Waals surface area contributed by atoms with Gasteiger partial charge >= 0.3 is 0 Å². The number of aromatic nitrogens is 1. The molecule has 1 heterocycles. The number of nitrogens with zero attached hydrogens (tertiary/aromatic N) is 1. The molecule has 0 spiro atoms. The smallest absolute Gasteiger partial charge is 0.142 e. The fraction of sp³-hybridized carbons (Fsp3) is 0.500. The molecular formula is C10H18N4. The minimum atomic E-state index is 0.399. The number of hydrogen-bond acceptors (Lipinski definition) is 4. The van der Waals surface area contributed by atoms with E-state index in [1.54, 1.807) is 0 Å². The van der Waals surface area contributed by atoms with E-state index in [-0.39, 0.29) is 0 Å². The van der Waals surface area contributed by atoms with Crippen LogP contribution in [0.25, 0.3) is 0 Å². The highest BCUT2D eigenvalue weighted by molar-refractivity contribution is 5.44. The van der Waals surface area contributed by atoms with Gasteiger partial charge in [-0.05, 0) is 25.0 Å². The highest BCUT2D eigenvalue weighted by atomic mass is 15.3. The van der Waals surface area contributed by atoms with Crippen molar-refractivity contribution in [3.63, 3.8) is 0 Å². The summed E-state index contributed by atoms with van der Waals surface area (Å²) in [6.07, 6.45) is 0. The van der Waals surface area contributed by atoms with E-state index in [4.69, 9.17) is 5.84 Å².